The van der Waals surface area contributed by atoms with Crippen LogP contribution in [0.15, 0.2) is 41.2 Å². The van der Waals surface area contributed by atoms with Crippen molar-refractivity contribution < 1.29 is 8.78 Å². The van der Waals surface area contributed by atoms with E-state index >= 15 is 0 Å². The summed E-state index contributed by atoms with van der Waals surface area (Å²) in [6, 6.07) is 7.75. The average molecular weight is 231 g/mol. The van der Waals surface area contributed by atoms with Gasteiger partial charge in [-0.15, -0.1) is 0 Å². The maximum atomic E-state index is 13.1. The monoisotopic (exact) mass is 231 g/mol. The molecule has 4 heteroatoms. The van der Waals surface area contributed by atoms with Gasteiger partial charge < -0.3 is 4.98 Å². The van der Waals surface area contributed by atoms with Crippen molar-refractivity contribution in [3.63, 3.8) is 0 Å². The van der Waals surface area contributed by atoms with Crippen molar-refractivity contribution >= 4 is 21.8 Å². The van der Waals surface area contributed by atoms with Crippen molar-refractivity contribution in [3.8, 4) is 0 Å². The smallest absolute Gasteiger partial charge is 0.197 e. The van der Waals surface area contributed by atoms with Crippen molar-refractivity contribution in [1.82, 2.24) is 4.98 Å². The largest absolute Gasteiger partial charge is 0.354 e. The zero-order valence-corrected chi connectivity index (χ0v) is 8.63. The van der Waals surface area contributed by atoms with Crippen LogP contribution in [-0.4, -0.2) is 4.98 Å². The van der Waals surface area contributed by atoms with Gasteiger partial charge in [-0.05, 0) is 36.4 Å². The normalized spacial score (nSPS) is 11.2. The number of halogens is 2. The third-order valence-electron chi connectivity index (χ3n) is 2.72. The Morgan fingerprint density at radius 1 is 0.824 bits per heavy atom. The quantitative estimate of drug-likeness (QED) is 0.593. The number of nitrogens with one attached hydrogen (secondary N) is 1. The molecule has 2 aromatic carbocycles. The van der Waals surface area contributed by atoms with Gasteiger partial charge in [0.1, 0.15) is 11.6 Å². The molecule has 0 fully saturated rings. The third-order valence-corrected chi connectivity index (χ3v) is 2.72. The van der Waals surface area contributed by atoms with Gasteiger partial charge in [0.25, 0.3) is 0 Å². The van der Waals surface area contributed by atoms with Crippen LogP contribution in [0.5, 0.6) is 0 Å². The molecule has 0 bridgehead atoms. The fraction of sp³-hybridized carbons (Fsp3) is 0. The number of pyridine rings is 1. The van der Waals surface area contributed by atoms with Crippen LogP contribution < -0.4 is 5.43 Å². The molecule has 1 N–H and O–H groups in total. The minimum Gasteiger partial charge on any atom is -0.354 e. The number of H-pyrrole nitrogens is 1. The third kappa shape index (κ3) is 1.49. The van der Waals surface area contributed by atoms with Gasteiger partial charge in [0, 0.05) is 10.8 Å². The van der Waals surface area contributed by atoms with Crippen LogP contribution in [0.25, 0.3) is 21.8 Å². The molecule has 0 spiro atoms. The minimum atomic E-state index is -0.441. The Hall–Kier alpha value is -2.23. The summed E-state index contributed by atoms with van der Waals surface area (Å²) in [6.07, 6.45) is 0. The average Bonchev–Trinajstić information content (AvgIpc) is 2.28. The second-order valence-corrected chi connectivity index (χ2v) is 3.83. The van der Waals surface area contributed by atoms with E-state index < -0.39 is 11.6 Å². The Balaban J connectivity index is 2.57. The van der Waals surface area contributed by atoms with E-state index in [2.05, 4.69) is 4.98 Å². The molecule has 17 heavy (non-hydrogen) atoms. The molecule has 0 saturated heterocycles. The SMILES string of the molecule is O=c1c2ccc(F)cc2[nH]c2cc(F)ccc12. The van der Waals surface area contributed by atoms with Gasteiger partial charge in [0.15, 0.2) is 5.43 Å². The van der Waals surface area contributed by atoms with Crippen molar-refractivity contribution in [2.45, 2.75) is 0 Å². The molecule has 3 rings (SSSR count). The summed E-state index contributed by atoms with van der Waals surface area (Å²) in [5.74, 6) is -0.882. The molecule has 0 aliphatic rings. The summed E-state index contributed by atoms with van der Waals surface area (Å²) in [4.78, 5) is 14.9. The molecule has 2 nitrogen and oxygen atoms in total. The Bertz CT molecular complexity index is 729. The highest BCUT2D eigenvalue weighted by atomic mass is 19.1. The summed E-state index contributed by atoms with van der Waals surface area (Å²) in [5, 5.41) is 0.788. The van der Waals surface area contributed by atoms with Gasteiger partial charge in [-0.1, -0.05) is 0 Å². The van der Waals surface area contributed by atoms with Crippen LogP contribution in [0.3, 0.4) is 0 Å². The van der Waals surface area contributed by atoms with Crippen molar-refractivity contribution in [2.24, 2.45) is 0 Å². The van der Waals surface area contributed by atoms with E-state index in [1.807, 2.05) is 0 Å². The van der Waals surface area contributed by atoms with Gasteiger partial charge in [-0.2, -0.15) is 0 Å². The molecular weight excluding hydrogens is 224 g/mol. The van der Waals surface area contributed by atoms with Crippen LogP contribution in [-0.2, 0) is 0 Å². The topological polar surface area (TPSA) is 32.9 Å². The molecule has 1 aromatic heterocycles. The zero-order valence-electron chi connectivity index (χ0n) is 8.63. The molecule has 0 atom stereocenters. The molecule has 84 valence electrons. The van der Waals surface area contributed by atoms with E-state index in [1.54, 1.807) is 0 Å². The second kappa shape index (κ2) is 3.38. The van der Waals surface area contributed by atoms with E-state index in [4.69, 9.17) is 0 Å². The lowest BCUT2D eigenvalue weighted by atomic mass is 10.1. The predicted octanol–water partition coefficient (Wildman–Crippen LogP) is 2.96. The van der Waals surface area contributed by atoms with E-state index in [0.29, 0.717) is 21.8 Å². The number of hydrogen-bond acceptors (Lipinski definition) is 1. The standard InChI is InChI=1S/C13H7F2NO/c14-7-1-3-9-11(5-7)16-12-6-8(15)2-4-10(12)13(9)17/h1-6H,(H,16,17). The molecule has 0 saturated carbocycles. The first-order valence-electron chi connectivity index (χ1n) is 5.06. The van der Waals surface area contributed by atoms with Crippen molar-refractivity contribution in [2.75, 3.05) is 0 Å². The van der Waals surface area contributed by atoms with Gasteiger partial charge >= 0.3 is 0 Å². The van der Waals surface area contributed by atoms with E-state index in [-0.39, 0.29) is 5.43 Å². The van der Waals surface area contributed by atoms with Crippen LogP contribution in [0.2, 0.25) is 0 Å². The maximum absolute atomic E-state index is 13.1. The Kier molecular flexibility index (Phi) is 1.98. The van der Waals surface area contributed by atoms with E-state index in [9.17, 15) is 13.6 Å². The number of aromatic amines is 1. The summed E-state index contributed by atoms with van der Waals surface area (Å²) in [6.45, 7) is 0. The first-order chi connectivity index (χ1) is 8.15. The highest BCUT2D eigenvalue weighted by molar-refractivity contribution is 5.92. The Labute approximate surface area is 94.5 Å². The molecule has 0 unspecified atom stereocenters. The van der Waals surface area contributed by atoms with Crippen LogP contribution in [0.4, 0.5) is 8.78 Å². The minimum absolute atomic E-state index is 0.228. The maximum Gasteiger partial charge on any atom is 0.197 e. The Morgan fingerprint density at radius 2 is 1.29 bits per heavy atom. The fourth-order valence-electron chi connectivity index (χ4n) is 1.93. The van der Waals surface area contributed by atoms with Gasteiger partial charge in [-0.25, -0.2) is 8.78 Å². The highest BCUT2D eigenvalue weighted by Crippen LogP contribution is 2.16. The van der Waals surface area contributed by atoms with Crippen molar-refractivity contribution in [1.29, 1.82) is 0 Å². The van der Waals surface area contributed by atoms with Gasteiger partial charge in [0.05, 0.1) is 11.0 Å². The van der Waals surface area contributed by atoms with Crippen molar-refractivity contribution in [3.05, 3.63) is 58.3 Å². The number of fused-ring (bicyclic) bond motifs is 2. The lowest BCUT2D eigenvalue weighted by Gasteiger charge is -2.02. The number of benzene rings is 2. The summed E-state index contributed by atoms with van der Waals surface area (Å²) in [7, 11) is 0. The van der Waals surface area contributed by atoms with Crippen LogP contribution in [0.1, 0.15) is 0 Å². The zero-order chi connectivity index (χ0) is 12.0. The summed E-state index contributed by atoms with van der Waals surface area (Å²) < 4.78 is 26.1. The van der Waals surface area contributed by atoms with E-state index in [1.165, 1.54) is 36.4 Å². The van der Waals surface area contributed by atoms with Crippen LogP contribution in [0, 0.1) is 11.6 Å². The molecule has 3 aromatic rings. The van der Waals surface area contributed by atoms with Crippen LogP contribution >= 0.6 is 0 Å². The lowest BCUT2D eigenvalue weighted by molar-refractivity contribution is 0.629. The predicted molar refractivity (Wildman–Crippen MR) is 62.0 cm³/mol. The molecule has 0 aliphatic carbocycles. The number of hydrogen-bond donors (Lipinski definition) is 1. The lowest BCUT2D eigenvalue weighted by Crippen LogP contribution is -2.04. The first kappa shape index (κ1) is 9.96. The molecular formula is C13H7F2NO. The Morgan fingerprint density at radius 3 is 1.76 bits per heavy atom. The highest BCUT2D eigenvalue weighted by Gasteiger charge is 2.06. The summed E-state index contributed by atoms with van der Waals surface area (Å²) in [5.41, 5.74) is 0.509. The van der Waals surface area contributed by atoms with Gasteiger partial charge in [-0.3, -0.25) is 4.79 Å². The second-order valence-electron chi connectivity index (χ2n) is 3.83. The first-order valence-corrected chi connectivity index (χ1v) is 5.06. The van der Waals surface area contributed by atoms with E-state index in [0.717, 1.165) is 0 Å². The molecule has 1 heterocycles. The fourth-order valence-corrected chi connectivity index (χ4v) is 1.93. The number of rotatable bonds is 0. The molecule has 0 aliphatic heterocycles. The molecule has 0 radical (unpaired) electrons. The molecule has 0 amide bonds. The van der Waals surface area contributed by atoms with Gasteiger partial charge in [0.2, 0.25) is 0 Å². The number of aromatic nitrogens is 1. The summed E-state index contributed by atoms with van der Waals surface area (Å²) >= 11 is 0.